The Balaban J connectivity index is 2.13. The van der Waals surface area contributed by atoms with Crippen LogP contribution < -0.4 is 5.32 Å². The zero-order chi connectivity index (χ0) is 13.1. The molecule has 0 atom stereocenters. The maximum Gasteiger partial charge on any atom is 0.146 e. The minimum atomic E-state index is -0.233. The maximum absolute atomic E-state index is 13.6. The first-order valence-electron chi connectivity index (χ1n) is 5.81. The van der Waals surface area contributed by atoms with E-state index >= 15 is 0 Å². The highest BCUT2D eigenvalue weighted by Crippen LogP contribution is 2.21. The molecular formula is C15H15BrFN. The molecule has 0 saturated heterocycles. The predicted molar refractivity (Wildman–Crippen MR) is 77.3 cm³/mol. The highest BCUT2D eigenvalue weighted by molar-refractivity contribution is 9.10. The molecule has 18 heavy (non-hydrogen) atoms. The van der Waals surface area contributed by atoms with E-state index in [1.54, 1.807) is 12.1 Å². The lowest BCUT2D eigenvalue weighted by Gasteiger charge is -2.11. The monoisotopic (exact) mass is 307 g/mol. The van der Waals surface area contributed by atoms with Gasteiger partial charge in [0.25, 0.3) is 0 Å². The molecule has 2 rings (SSSR count). The van der Waals surface area contributed by atoms with Gasteiger partial charge in [0.1, 0.15) is 5.82 Å². The van der Waals surface area contributed by atoms with E-state index in [9.17, 15) is 4.39 Å². The standard InChI is InChI=1S/C15H15BrFN/c1-10-3-4-12(11(2)7-10)9-18-15-8-13(16)5-6-14(15)17/h3-8,18H,9H2,1-2H3. The Labute approximate surface area is 115 Å². The number of aryl methyl sites for hydroxylation is 2. The van der Waals surface area contributed by atoms with Crippen molar-refractivity contribution < 1.29 is 4.39 Å². The Morgan fingerprint density at radius 3 is 2.61 bits per heavy atom. The van der Waals surface area contributed by atoms with Crippen molar-refractivity contribution >= 4 is 21.6 Å². The molecule has 0 amide bonds. The molecule has 0 aliphatic heterocycles. The Morgan fingerprint density at radius 1 is 1.11 bits per heavy atom. The first-order valence-corrected chi connectivity index (χ1v) is 6.60. The summed E-state index contributed by atoms with van der Waals surface area (Å²) >= 11 is 3.34. The molecule has 0 fully saturated rings. The van der Waals surface area contributed by atoms with Gasteiger partial charge in [0.15, 0.2) is 0 Å². The van der Waals surface area contributed by atoms with Gasteiger partial charge < -0.3 is 5.32 Å². The molecule has 1 N–H and O–H groups in total. The second-order valence-electron chi connectivity index (χ2n) is 4.41. The number of halogens is 2. The van der Waals surface area contributed by atoms with Gasteiger partial charge in [-0.25, -0.2) is 4.39 Å². The van der Waals surface area contributed by atoms with Gasteiger partial charge in [-0.05, 0) is 43.2 Å². The van der Waals surface area contributed by atoms with Gasteiger partial charge in [0, 0.05) is 11.0 Å². The summed E-state index contributed by atoms with van der Waals surface area (Å²) in [6.45, 7) is 4.76. The van der Waals surface area contributed by atoms with Crippen LogP contribution in [0, 0.1) is 19.7 Å². The fraction of sp³-hybridized carbons (Fsp3) is 0.200. The van der Waals surface area contributed by atoms with Crippen molar-refractivity contribution in [1.29, 1.82) is 0 Å². The zero-order valence-electron chi connectivity index (χ0n) is 10.4. The molecule has 2 aromatic rings. The van der Waals surface area contributed by atoms with E-state index in [2.05, 4.69) is 53.3 Å². The highest BCUT2D eigenvalue weighted by atomic mass is 79.9. The number of anilines is 1. The first-order chi connectivity index (χ1) is 8.56. The lowest BCUT2D eigenvalue weighted by atomic mass is 10.1. The summed E-state index contributed by atoms with van der Waals surface area (Å²) in [5, 5.41) is 3.13. The molecule has 0 unspecified atom stereocenters. The summed E-state index contributed by atoms with van der Waals surface area (Å²) in [5.74, 6) is -0.233. The Bertz CT molecular complexity index is 566. The number of hydrogen-bond donors (Lipinski definition) is 1. The maximum atomic E-state index is 13.6. The summed E-state index contributed by atoms with van der Waals surface area (Å²) in [5.41, 5.74) is 4.16. The molecule has 0 aliphatic carbocycles. The lowest BCUT2D eigenvalue weighted by Crippen LogP contribution is -2.03. The Hall–Kier alpha value is -1.35. The van der Waals surface area contributed by atoms with Crippen molar-refractivity contribution in [2.45, 2.75) is 20.4 Å². The summed E-state index contributed by atoms with van der Waals surface area (Å²) < 4.78 is 14.4. The van der Waals surface area contributed by atoms with Crippen LogP contribution in [-0.2, 0) is 6.54 Å². The molecule has 0 bridgehead atoms. The number of benzene rings is 2. The van der Waals surface area contributed by atoms with Crippen LogP contribution in [0.3, 0.4) is 0 Å². The van der Waals surface area contributed by atoms with E-state index in [-0.39, 0.29) is 5.82 Å². The number of nitrogens with one attached hydrogen (secondary N) is 1. The normalized spacial score (nSPS) is 10.4. The minimum Gasteiger partial charge on any atom is -0.379 e. The van der Waals surface area contributed by atoms with Crippen LogP contribution in [0.5, 0.6) is 0 Å². The van der Waals surface area contributed by atoms with Crippen LogP contribution in [-0.4, -0.2) is 0 Å². The van der Waals surface area contributed by atoms with Gasteiger partial charge in [-0.15, -0.1) is 0 Å². The van der Waals surface area contributed by atoms with E-state index in [0.29, 0.717) is 12.2 Å². The van der Waals surface area contributed by atoms with E-state index in [1.807, 2.05) is 0 Å². The quantitative estimate of drug-likeness (QED) is 0.857. The second-order valence-corrected chi connectivity index (χ2v) is 5.32. The predicted octanol–water partition coefficient (Wildman–Crippen LogP) is 4.82. The first kappa shape index (κ1) is 13.1. The van der Waals surface area contributed by atoms with Crippen LogP contribution in [0.4, 0.5) is 10.1 Å². The van der Waals surface area contributed by atoms with Crippen molar-refractivity contribution in [3.8, 4) is 0 Å². The minimum absolute atomic E-state index is 0.233. The van der Waals surface area contributed by atoms with Gasteiger partial charge in [-0.3, -0.25) is 0 Å². The molecule has 0 aliphatic rings. The van der Waals surface area contributed by atoms with Crippen molar-refractivity contribution in [3.63, 3.8) is 0 Å². The molecule has 0 radical (unpaired) electrons. The van der Waals surface area contributed by atoms with Crippen LogP contribution in [0.1, 0.15) is 16.7 Å². The van der Waals surface area contributed by atoms with Crippen LogP contribution in [0.2, 0.25) is 0 Å². The van der Waals surface area contributed by atoms with Crippen molar-refractivity contribution in [2.75, 3.05) is 5.32 Å². The summed E-state index contributed by atoms with van der Waals surface area (Å²) in [7, 11) is 0. The number of hydrogen-bond acceptors (Lipinski definition) is 1. The molecule has 0 heterocycles. The largest absolute Gasteiger partial charge is 0.379 e. The van der Waals surface area contributed by atoms with Gasteiger partial charge >= 0.3 is 0 Å². The van der Waals surface area contributed by atoms with E-state index in [4.69, 9.17) is 0 Å². The molecule has 94 valence electrons. The smallest absolute Gasteiger partial charge is 0.146 e. The van der Waals surface area contributed by atoms with Crippen molar-refractivity contribution in [2.24, 2.45) is 0 Å². The molecule has 1 nitrogen and oxygen atoms in total. The summed E-state index contributed by atoms with van der Waals surface area (Å²) in [6.07, 6.45) is 0. The van der Waals surface area contributed by atoms with E-state index in [1.165, 1.54) is 22.8 Å². The summed E-state index contributed by atoms with van der Waals surface area (Å²) in [4.78, 5) is 0. The molecule has 3 heteroatoms. The second kappa shape index (κ2) is 5.53. The SMILES string of the molecule is Cc1ccc(CNc2cc(Br)ccc2F)c(C)c1. The molecule has 2 aromatic carbocycles. The fourth-order valence-corrected chi connectivity index (χ4v) is 2.23. The van der Waals surface area contributed by atoms with Crippen LogP contribution in [0.15, 0.2) is 40.9 Å². The zero-order valence-corrected chi connectivity index (χ0v) is 12.0. The molecule has 0 spiro atoms. The highest BCUT2D eigenvalue weighted by Gasteiger charge is 2.03. The molecule has 0 saturated carbocycles. The fourth-order valence-electron chi connectivity index (χ4n) is 1.87. The molecular weight excluding hydrogens is 293 g/mol. The number of rotatable bonds is 3. The third-order valence-corrected chi connectivity index (χ3v) is 3.39. The third kappa shape index (κ3) is 3.10. The Morgan fingerprint density at radius 2 is 1.89 bits per heavy atom. The van der Waals surface area contributed by atoms with Crippen LogP contribution in [0.25, 0.3) is 0 Å². The summed E-state index contributed by atoms with van der Waals surface area (Å²) in [6, 6.07) is 11.2. The van der Waals surface area contributed by atoms with Gasteiger partial charge in [-0.2, -0.15) is 0 Å². The van der Waals surface area contributed by atoms with E-state index < -0.39 is 0 Å². The van der Waals surface area contributed by atoms with Gasteiger partial charge in [0.2, 0.25) is 0 Å². The molecule has 0 aromatic heterocycles. The van der Waals surface area contributed by atoms with Crippen LogP contribution >= 0.6 is 15.9 Å². The average Bonchev–Trinajstić information content (AvgIpc) is 2.32. The van der Waals surface area contributed by atoms with Gasteiger partial charge in [-0.1, -0.05) is 39.7 Å². The van der Waals surface area contributed by atoms with Crippen molar-refractivity contribution in [3.05, 3.63) is 63.4 Å². The Kier molecular flexibility index (Phi) is 4.02. The lowest BCUT2D eigenvalue weighted by molar-refractivity contribution is 0.630. The third-order valence-electron chi connectivity index (χ3n) is 2.90. The average molecular weight is 308 g/mol. The van der Waals surface area contributed by atoms with Crippen molar-refractivity contribution in [1.82, 2.24) is 0 Å². The van der Waals surface area contributed by atoms with Gasteiger partial charge in [0.05, 0.1) is 5.69 Å². The topological polar surface area (TPSA) is 12.0 Å². The van der Waals surface area contributed by atoms with E-state index in [0.717, 1.165) is 4.47 Å².